The van der Waals surface area contributed by atoms with Gasteiger partial charge in [0.05, 0.1) is 10.6 Å². The van der Waals surface area contributed by atoms with E-state index in [2.05, 4.69) is 0 Å². The largest absolute Gasteiger partial charge is 1.00 e. The topological polar surface area (TPSA) is 0 Å². The van der Waals surface area contributed by atoms with Gasteiger partial charge in [-0.2, -0.15) is 13.2 Å². The maximum atomic E-state index is 12.3. The molecular formula is C8H5BClF6K. The van der Waals surface area contributed by atoms with Crippen LogP contribution in [0.25, 0.3) is 0 Å². The Morgan fingerprint density at radius 2 is 1.65 bits per heavy atom. The van der Waals surface area contributed by atoms with Crippen molar-refractivity contribution < 1.29 is 77.5 Å². The summed E-state index contributed by atoms with van der Waals surface area (Å²) in [6, 6.07) is 2.49. The van der Waals surface area contributed by atoms with Crippen LogP contribution in [0, 0.1) is 0 Å². The van der Waals surface area contributed by atoms with E-state index in [1.807, 2.05) is 0 Å². The summed E-state index contributed by atoms with van der Waals surface area (Å²) in [7, 11) is 0. The Kier molecular flexibility index (Phi) is 6.59. The number of alkyl halides is 3. The quantitative estimate of drug-likeness (QED) is 0.570. The van der Waals surface area contributed by atoms with Crippen LogP contribution in [0.15, 0.2) is 18.2 Å². The predicted molar refractivity (Wildman–Crippen MR) is 49.2 cm³/mol. The Morgan fingerprint density at radius 1 is 1.12 bits per heavy atom. The third-order valence-corrected chi connectivity index (χ3v) is 2.28. The van der Waals surface area contributed by atoms with Crippen molar-refractivity contribution in [2.75, 3.05) is 0 Å². The zero-order chi connectivity index (χ0) is 12.6. The molecule has 0 aliphatic rings. The van der Waals surface area contributed by atoms with Gasteiger partial charge in [0.15, 0.2) is 0 Å². The summed E-state index contributed by atoms with van der Waals surface area (Å²) in [6.45, 7) is -5.21. The molecule has 0 N–H and O–H groups in total. The molecule has 9 heteroatoms. The molecule has 90 valence electrons. The number of rotatable bonds is 2. The minimum atomic E-state index is -5.21. The predicted octanol–water partition coefficient (Wildman–Crippen LogP) is 1.29. The Morgan fingerprint density at radius 3 is 2.06 bits per heavy atom. The Balaban J connectivity index is 0.00000256. The van der Waals surface area contributed by atoms with Gasteiger partial charge in [0.1, 0.15) is 0 Å². The number of halogens is 7. The van der Waals surface area contributed by atoms with Crippen molar-refractivity contribution in [3.8, 4) is 0 Å². The van der Waals surface area contributed by atoms with E-state index in [1.165, 1.54) is 0 Å². The number of hydrogen-bond acceptors (Lipinski definition) is 0. The van der Waals surface area contributed by atoms with Gasteiger partial charge >= 0.3 is 64.5 Å². The van der Waals surface area contributed by atoms with Gasteiger partial charge in [-0.25, -0.2) is 0 Å². The molecular weight excluding hydrogens is 295 g/mol. The summed E-state index contributed by atoms with van der Waals surface area (Å²) >= 11 is 5.29. The average Bonchev–Trinajstić information content (AvgIpc) is 2.04. The van der Waals surface area contributed by atoms with Crippen LogP contribution in [0.4, 0.5) is 26.1 Å². The van der Waals surface area contributed by atoms with E-state index in [0.29, 0.717) is 6.07 Å². The van der Waals surface area contributed by atoms with Crippen molar-refractivity contribution in [2.45, 2.75) is 12.5 Å². The smallest absolute Gasteiger partial charge is 0.449 e. The first-order chi connectivity index (χ1) is 7.11. The molecule has 0 radical (unpaired) electrons. The van der Waals surface area contributed by atoms with Crippen LogP contribution in [-0.4, -0.2) is 6.98 Å². The molecule has 1 aromatic rings. The average molecular weight is 300 g/mol. The first-order valence-electron chi connectivity index (χ1n) is 4.17. The molecule has 1 rings (SSSR count). The summed E-state index contributed by atoms with van der Waals surface area (Å²) in [4.78, 5) is 0. The molecule has 0 nitrogen and oxygen atoms in total. The zero-order valence-electron chi connectivity index (χ0n) is 8.66. The van der Waals surface area contributed by atoms with Crippen LogP contribution in [0.2, 0.25) is 5.02 Å². The first kappa shape index (κ1) is 17.8. The molecule has 0 saturated carbocycles. The van der Waals surface area contributed by atoms with Gasteiger partial charge in [-0.15, -0.1) is 0 Å². The third-order valence-electron chi connectivity index (χ3n) is 1.84. The molecule has 0 aliphatic heterocycles. The minimum Gasteiger partial charge on any atom is -0.449 e. The van der Waals surface area contributed by atoms with Crippen LogP contribution in [0.5, 0.6) is 0 Å². The fraction of sp³-hybridized carbons (Fsp3) is 0.250. The van der Waals surface area contributed by atoms with Gasteiger partial charge in [-0.1, -0.05) is 35.6 Å². The summed E-state index contributed by atoms with van der Waals surface area (Å²) in [5.41, 5.74) is -1.80. The standard InChI is InChI=1S/C8H5BClF6.K/c10-7-5(4-9(14,15)16)2-1-3-6(7)8(11,12)13;/h1-3H,4H2;/q-1;+1. The van der Waals surface area contributed by atoms with Crippen LogP contribution in [0.1, 0.15) is 11.1 Å². The van der Waals surface area contributed by atoms with Crippen molar-refractivity contribution in [1.29, 1.82) is 0 Å². The summed E-state index contributed by atoms with van der Waals surface area (Å²) in [5.74, 6) is 0. The van der Waals surface area contributed by atoms with Crippen LogP contribution >= 0.6 is 11.6 Å². The van der Waals surface area contributed by atoms with Crippen LogP contribution in [0.3, 0.4) is 0 Å². The van der Waals surface area contributed by atoms with E-state index in [0.717, 1.165) is 12.1 Å². The molecule has 0 unspecified atom stereocenters. The second-order valence-corrected chi connectivity index (χ2v) is 3.57. The van der Waals surface area contributed by atoms with E-state index in [4.69, 9.17) is 11.6 Å². The fourth-order valence-corrected chi connectivity index (χ4v) is 1.52. The van der Waals surface area contributed by atoms with Crippen LogP contribution in [-0.2, 0) is 12.5 Å². The molecule has 0 bridgehead atoms. The fourth-order valence-electron chi connectivity index (χ4n) is 1.21. The molecule has 0 fully saturated rings. The van der Waals surface area contributed by atoms with Gasteiger partial charge in [-0.3, -0.25) is 0 Å². The summed E-state index contributed by atoms with van der Waals surface area (Å²) in [6.07, 6.45) is -6.16. The van der Waals surface area contributed by atoms with Crippen molar-refractivity contribution in [2.24, 2.45) is 0 Å². The zero-order valence-corrected chi connectivity index (χ0v) is 12.5. The Bertz CT molecular complexity index is 389. The minimum absolute atomic E-state index is 0. The van der Waals surface area contributed by atoms with E-state index in [-0.39, 0.29) is 51.4 Å². The van der Waals surface area contributed by atoms with E-state index in [1.54, 1.807) is 0 Å². The van der Waals surface area contributed by atoms with E-state index < -0.39 is 35.6 Å². The Hall–Kier alpha value is 0.791. The van der Waals surface area contributed by atoms with Crippen molar-refractivity contribution in [1.82, 2.24) is 0 Å². The SMILES string of the molecule is F[B-](F)(F)Cc1cccc(C(F)(F)F)c1Cl.[K+]. The normalized spacial score (nSPS) is 12.2. The van der Waals surface area contributed by atoms with Gasteiger partial charge in [0.25, 0.3) is 0 Å². The molecule has 0 aromatic heterocycles. The maximum Gasteiger partial charge on any atom is 1.00 e. The molecule has 0 spiro atoms. The monoisotopic (exact) mass is 300 g/mol. The molecule has 0 atom stereocenters. The van der Waals surface area contributed by atoms with Crippen LogP contribution < -0.4 is 51.4 Å². The van der Waals surface area contributed by atoms with Crippen molar-refractivity contribution in [3.63, 3.8) is 0 Å². The van der Waals surface area contributed by atoms with Crippen molar-refractivity contribution in [3.05, 3.63) is 34.3 Å². The van der Waals surface area contributed by atoms with E-state index >= 15 is 0 Å². The summed E-state index contributed by atoms with van der Waals surface area (Å²) < 4.78 is 73.1. The molecule has 0 amide bonds. The molecule has 0 aliphatic carbocycles. The van der Waals surface area contributed by atoms with Gasteiger partial charge in [-0.05, 0) is 6.07 Å². The Labute approximate surface area is 141 Å². The summed E-state index contributed by atoms with van der Waals surface area (Å²) in [5, 5.41) is -0.880. The second-order valence-electron chi connectivity index (χ2n) is 3.19. The van der Waals surface area contributed by atoms with Gasteiger partial charge in [0, 0.05) is 0 Å². The second kappa shape index (κ2) is 6.29. The number of hydrogen-bond donors (Lipinski definition) is 0. The molecule has 17 heavy (non-hydrogen) atoms. The maximum absolute atomic E-state index is 12.3. The van der Waals surface area contributed by atoms with E-state index in [9.17, 15) is 26.1 Å². The molecule has 0 heterocycles. The number of benzene rings is 1. The molecule has 0 saturated heterocycles. The van der Waals surface area contributed by atoms with Crippen molar-refractivity contribution >= 4 is 18.6 Å². The molecule has 1 aromatic carbocycles. The van der Waals surface area contributed by atoms with Gasteiger partial charge in [0.2, 0.25) is 0 Å². The first-order valence-corrected chi connectivity index (χ1v) is 4.54. The van der Waals surface area contributed by atoms with Gasteiger partial charge < -0.3 is 12.9 Å². The third kappa shape index (κ3) is 5.52.